The molecule has 2 rings (SSSR count). The highest BCUT2D eigenvalue weighted by atomic mass is 16.5. The Bertz CT molecular complexity index is 364. The van der Waals surface area contributed by atoms with Gasteiger partial charge in [-0.3, -0.25) is 0 Å². The predicted molar refractivity (Wildman–Crippen MR) is 68.6 cm³/mol. The Labute approximate surface area is 103 Å². The molecule has 0 atom stereocenters. The summed E-state index contributed by atoms with van der Waals surface area (Å²) in [5, 5.41) is 3.60. The first-order valence-corrected chi connectivity index (χ1v) is 6.12. The van der Waals surface area contributed by atoms with Crippen LogP contribution in [0.25, 0.3) is 0 Å². The largest absolute Gasteiger partial charge is 0.497 e. The summed E-state index contributed by atoms with van der Waals surface area (Å²) in [5.41, 5.74) is 1.53. The zero-order valence-corrected chi connectivity index (χ0v) is 10.9. The van der Waals surface area contributed by atoms with Gasteiger partial charge in [0.15, 0.2) is 0 Å². The van der Waals surface area contributed by atoms with E-state index in [1.165, 1.54) is 24.8 Å². The second-order valence-electron chi connectivity index (χ2n) is 4.99. The van der Waals surface area contributed by atoms with Crippen LogP contribution in [0.15, 0.2) is 18.2 Å². The molecule has 1 aromatic carbocycles. The van der Waals surface area contributed by atoms with Gasteiger partial charge in [-0.15, -0.1) is 0 Å². The van der Waals surface area contributed by atoms with Crippen molar-refractivity contribution in [3.05, 3.63) is 23.8 Å². The molecule has 3 nitrogen and oxygen atoms in total. The molecule has 1 N–H and O–H groups in total. The Morgan fingerprint density at radius 2 is 1.71 bits per heavy atom. The molecular formula is C14H21NO2. The molecule has 0 heterocycles. The second kappa shape index (κ2) is 4.96. The zero-order valence-electron chi connectivity index (χ0n) is 10.9. The third kappa shape index (κ3) is 2.91. The molecule has 0 bridgehead atoms. The van der Waals surface area contributed by atoms with Crippen LogP contribution in [-0.2, 0) is 6.54 Å². The lowest BCUT2D eigenvalue weighted by atomic mass is 9.78. The molecular weight excluding hydrogens is 214 g/mol. The molecule has 0 aliphatic heterocycles. The van der Waals surface area contributed by atoms with Crippen LogP contribution in [0.2, 0.25) is 0 Å². The van der Waals surface area contributed by atoms with Crippen LogP contribution in [-0.4, -0.2) is 19.8 Å². The molecule has 1 aromatic rings. The number of rotatable bonds is 5. The van der Waals surface area contributed by atoms with Gasteiger partial charge in [0.2, 0.25) is 0 Å². The normalized spacial score (nSPS) is 17.4. The molecule has 1 aliphatic carbocycles. The summed E-state index contributed by atoms with van der Waals surface area (Å²) in [6.07, 6.45) is 3.88. The van der Waals surface area contributed by atoms with Crippen molar-refractivity contribution in [3.8, 4) is 11.5 Å². The summed E-state index contributed by atoms with van der Waals surface area (Å²) < 4.78 is 10.5. The van der Waals surface area contributed by atoms with Crippen LogP contribution >= 0.6 is 0 Å². The van der Waals surface area contributed by atoms with E-state index in [-0.39, 0.29) is 0 Å². The van der Waals surface area contributed by atoms with Gasteiger partial charge in [-0.2, -0.15) is 0 Å². The van der Waals surface area contributed by atoms with Gasteiger partial charge < -0.3 is 14.8 Å². The molecule has 17 heavy (non-hydrogen) atoms. The number of nitrogens with one attached hydrogen (secondary N) is 1. The summed E-state index contributed by atoms with van der Waals surface area (Å²) in [4.78, 5) is 0. The van der Waals surface area contributed by atoms with Crippen LogP contribution in [0.5, 0.6) is 11.5 Å². The molecule has 0 amide bonds. The maximum atomic E-state index is 5.26. The summed E-state index contributed by atoms with van der Waals surface area (Å²) >= 11 is 0. The standard InChI is InChI=1S/C14H21NO2/c1-14(5-4-6-14)15-10-11-7-12(16-2)9-13(8-11)17-3/h7-9,15H,4-6,10H2,1-3H3. The average molecular weight is 235 g/mol. The van der Waals surface area contributed by atoms with Crippen molar-refractivity contribution in [1.82, 2.24) is 5.32 Å². The highest BCUT2D eigenvalue weighted by Gasteiger charge is 2.30. The molecule has 0 unspecified atom stereocenters. The van der Waals surface area contributed by atoms with Gasteiger partial charge in [0, 0.05) is 18.2 Å². The van der Waals surface area contributed by atoms with Crippen molar-refractivity contribution in [1.29, 1.82) is 0 Å². The minimum Gasteiger partial charge on any atom is -0.497 e. The molecule has 0 spiro atoms. The Kier molecular flexibility index (Phi) is 3.57. The van der Waals surface area contributed by atoms with E-state index in [4.69, 9.17) is 9.47 Å². The first-order valence-electron chi connectivity index (χ1n) is 6.12. The number of hydrogen-bond donors (Lipinski definition) is 1. The lowest BCUT2D eigenvalue weighted by Gasteiger charge is -2.39. The summed E-state index contributed by atoms with van der Waals surface area (Å²) in [5.74, 6) is 1.69. The molecule has 0 saturated heterocycles. The lowest BCUT2D eigenvalue weighted by molar-refractivity contribution is 0.206. The smallest absolute Gasteiger partial charge is 0.122 e. The van der Waals surface area contributed by atoms with Crippen molar-refractivity contribution in [2.45, 2.75) is 38.3 Å². The van der Waals surface area contributed by atoms with Crippen LogP contribution < -0.4 is 14.8 Å². The van der Waals surface area contributed by atoms with E-state index in [9.17, 15) is 0 Å². The predicted octanol–water partition coefficient (Wildman–Crippen LogP) is 2.74. The van der Waals surface area contributed by atoms with Crippen molar-refractivity contribution in [2.75, 3.05) is 14.2 Å². The quantitative estimate of drug-likeness (QED) is 0.851. The van der Waals surface area contributed by atoms with Crippen LogP contribution in [0.3, 0.4) is 0 Å². The first-order chi connectivity index (χ1) is 8.15. The number of hydrogen-bond acceptors (Lipinski definition) is 3. The topological polar surface area (TPSA) is 30.5 Å². The van der Waals surface area contributed by atoms with Crippen molar-refractivity contribution in [3.63, 3.8) is 0 Å². The molecule has 0 aromatic heterocycles. The molecule has 1 fully saturated rings. The lowest BCUT2D eigenvalue weighted by Crippen LogP contribution is -2.47. The molecule has 3 heteroatoms. The minimum atomic E-state index is 0.330. The molecule has 1 aliphatic rings. The summed E-state index contributed by atoms with van der Waals surface area (Å²) in [7, 11) is 3.36. The highest BCUT2D eigenvalue weighted by Crippen LogP contribution is 2.31. The maximum Gasteiger partial charge on any atom is 0.122 e. The Hall–Kier alpha value is -1.22. The van der Waals surface area contributed by atoms with E-state index in [0.29, 0.717) is 5.54 Å². The van der Waals surface area contributed by atoms with Crippen LogP contribution in [0.1, 0.15) is 31.7 Å². The number of benzene rings is 1. The third-order valence-electron chi connectivity index (χ3n) is 3.59. The van der Waals surface area contributed by atoms with Gasteiger partial charge in [-0.25, -0.2) is 0 Å². The van der Waals surface area contributed by atoms with Gasteiger partial charge in [0.05, 0.1) is 14.2 Å². The van der Waals surface area contributed by atoms with Crippen molar-refractivity contribution >= 4 is 0 Å². The Morgan fingerprint density at radius 3 is 2.12 bits per heavy atom. The molecule has 94 valence electrons. The Balaban J connectivity index is 2.03. The number of methoxy groups -OCH3 is 2. The van der Waals surface area contributed by atoms with E-state index in [0.717, 1.165) is 18.0 Å². The SMILES string of the molecule is COc1cc(CNC2(C)CCC2)cc(OC)c1. The minimum absolute atomic E-state index is 0.330. The van der Waals surface area contributed by atoms with E-state index in [2.05, 4.69) is 24.4 Å². The van der Waals surface area contributed by atoms with Crippen LogP contribution in [0.4, 0.5) is 0 Å². The highest BCUT2D eigenvalue weighted by molar-refractivity contribution is 5.38. The van der Waals surface area contributed by atoms with Gasteiger partial charge >= 0.3 is 0 Å². The Morgan fingerprint density at radius 1 is 1.12 bits per heavy atom. The van der Waals surface area contributed by atoms with Gasteiger partial charge in [0.25, 0.3) is 0 Å². The van der Waals surface area contributed by atoms with E-state index in [1.54, 1.807) is 14.2 Å². The van der Waals surface area contributed by atoms with E-state index in [1.807, 2.05) is 6.07 Å². The van der Waals surface area contributed by atoms with Gasteiger partial charge in [-0.1, -0.05) is 0 Å². The van der Waals surface area contributed by atoms with Crippen molar-refractivity contribution in [2.24, 2.45) is 0 Å². The fraction of sp³-hybridized carbons (Fsp3) is 0.571. The van der Waals surface area contributed by atoms with E-state index >= 15 is 0 Å². The number of ether oxygens (including phenoxy) is 2. The van der Waals surface area contributed by atoms with Crippen molar-refractivity contribution < 1.29 is 9.47 Å². The fourth-order valence-corrected chi connectivity index (χ4v) is 2.17. The van der Waals surface area contributed by atoms with Gasteiger partial charge in [0.1, 0.15) is 11.5 Å². The fourth-order valence-electron chi connectivity index (χ4n) is 2.17. The summed E-state index contributed by atoms with van der Waals surface area (Å²) in [6.45, 7) is 3.15. The van der Waals surface area contributed by atoms with Crippen LogP contribution in [0, 0.1) is 0 Å². The molecule has 1 saturated carbocycles. The van der Waals surface area contributed by atoms with Gasteiger partial charge in [-0.05, 0) is 43.9 Å². The average Bonchev–Trinajstić information content (AvgIpc) is 2.33. The van der Waals surface area contributed by atoms with E-state index < -0.39 is 0 Å². The third-order valence-corrected chi connectivity index (χ3v) is 3.59. The zero-order chi connectivity index (χ0) is 12.3. The second-order valence-corrected chi connectivity index (χ2v) is 4.99. The molecule has 0 radical (unpaired) electrons. The summed E-state index contributed by atoms with van der Waals surface area (Å²) in [6, 6.07) is 6.00. The maximum absolute atomic E-state index is 5.26. The monoisotopic (exact) mass is 235 g/mol. The first kappa shape index (κ1) is 12.2.